The Bertz CT molecular complexity index is 677. The fourth-order valence-corrected chi connectivity index (χ4v) is 2.20. The second kappa shape index (κ2) is 9.64. The number of ether oxygens (including phenoxy) is 2. The molecule has 0 aliphatic heterocycles. The minimum absolute atomic E-state index is 0.0794. The lowest BCUT2D eigenvalue weighted by atomic mass is 10.2. The Morgan fingerprint density at radius 1 is 1.16 bits per heavy atom. The maximum absolute atomic E-state index is 13.4. The first-order valence-corrected chi connectivity index (χ1v) is 8.04. The van der Waals surface area contributed by atoms with Gasteiger partial charge in [-0.25, -0.2) is 4.39 Å². The summed E-state index contributed by atoms with van der Waals surface area (Å²) in [5, 5.41) is 2.86. The molecule has 2 aromatic carbocycles. The summed E-state index contributed by atoms with van der Waals surface area (Å²) in [7, 11) is 3.43. The zero-order valence-corrected chi connectivity index (χ0v) is 14.5. The van der Waals surface area contributed by atoms with Crippen molar-refractivity contribution in [2.45, 2.75) is 6.54 Å². The van der Waals surface area contributed by atoms with E-state index in [9.17, 15) is 9.18 Å². The molecule has 0 aliphatic rings. The molecule has 0 fully saturated rings. The molecule has 2 rings (SSSR count). The smallest absolute Gasteiger partial charge is 0.234 e. The van der Waals surface area contributed by atoms with Crippen LogP contribution in [0.15, 0.2) is 48.5 Å². The average molecular weight is 346 g/mol. The maximum Gasteiger partial charge on any atom is 0.234 e. The number of benzene rings is 2. The summed E-state index contributed by atoms with van der Waals surface area (Å²) in [6.07, 6.45) is 0. The van der Waals surface area contributed by atoms with E-state index in [-0.39, 0.29) is 24.0 Å². The Hall–Kier alpha value is -2.60. The minimum Gasteiger partial charge on any atom is -0.497 e. The molecular formula is C19H23FN2O3. The van der Waals surface area contributed by atoms with E-state index in [1.165, 1.54) is 6.07 Å². The number of rotatable bonds is 9. The van der Waals surface area contributed by atoms with Gasteiger partial charge in [-0.1, -0.05) is 24.3 Å². The highest BCUT2D eigenvalue weighted by atomic mass is 19.1. The van der Waals surface area contributed by atoms with Gasteiger partial charge in [0, 0.05) is 13.1 Å². The zero-order valence-electron chi connectivity index (χ0n) is 14.5. The number of carbonyl (C=O) groups excluding carboxylic acids is 1. The second-order valence-electron chi connectivity index (χ2n) is 5.64. The first-order chi connectivity index (χ1) is 12.1. The minimum atomic E-state index is -0.387. The molecule has 0 bridgehead atoms. The summed E-state index contributed by atoms with van der Waals surface area (Å²) in [6.45, 7) is 1.53. The van der Waals surface area contributed by atoms with E-state index in [2.05, 4.69) is 5.32 Å². The van der Waals surface area contributed by atoms with Gasteiger partial charge in [-0.15, -0.1) is 0 Å². The Labute approximate surface area is 147 Å². The lowest BCUT2D eigenvalue weighted by Crippen LogP contribution is -2.36. The fourth-order valence-electron chi connectivity index (χ4n) is 2.20. The van der Waals surface area contributed by atoms with E-state index >= 15 is 0 Å². The van der Waals surface area contributed by atoms with E-state index < -0.39 is 0 Å². The summed E-state index contributed by atoms with van der Waals surface area (Å²) < 4.78 is 23.9. The Kier molecular flexibility index (Phi) is 7.22. The standard InChI is InChI=1S/C19H23FN2O3/c1-22(11-12-25-18-6-4-3-5-17(18)20)14-19(23)21-13-15-7-9-16(24-2)10-8-15/h3-10H,11-14H2,1-2H3,(H,21,23). The van der Waals surface area contributed by atoms with E-state index in [4.69, 9.17) is 9.47 Å². The van der Waals surface area contributed by atoms with Crippen LogP contribution in [-0.2, 0) is 11.3 Å². The van der Waals surface area contributed by atoms with Gasteiger partial charge in [0.1, 0.15) is 12.4 Å². The molecule has 0 aliphatic carbocycles. The number of carbonyl (C=O) groups is 1. The molecule has 1 N–H and O–H groups in total. The van der Waals surface area contributed by atoms with Crippen LogP contribution in [0.25, 0.3) is 0 Å². The van der Waals surface area contributed by atoms with E-state index in [0.29, 0.717) is 19.7 Å². The predicted octanol–water partition coefficient (Wildman–Crippen LogP) is 2.46. The molecule has 0 saturated heterocycles. The van der Waals surface area contributed by atoms with Gasteiger partial charge in [0.2, 0.25) is 5.91 Å². The van der Waals surface area contributed by atoms with Crippen molar-refractivity contribution in [3.05, 3.63) is 59.9 Å². The third-order valence-corrected chi connectivity index (χ3v) is 3.63. The third-order valence-electron chi connectivity index (χ3n) is 3.63. The number of para-hydroxylation sites is 1. The predicted molar refractivity (Wildman–Crippen MR) is 94.2 cm³/mol. The van der Waals surface area contributed by atoms with Crippen LogP contribution in [0.5, 0.6) is 11.5 Å². The number of nitrogens with zero attached hydrogens (tertiary/aromatic N) is 1. The largest absolute Gasteiger partial charge is 0.497 e. The Morgan fingerprint density at radius 2 is 1.88 bits per heavy atom. The summed E-state index contributed by atoms with van der Waals surface area (Å²) >= 11 is 0. The number of halogens is 1. The molecule has 134 valence electrons. The van der Waals surface area contributed by atoms with Gasteiger partial charge < -0.3 is 14.8 Å². The number of hydrogen-bond acceptors (Lipinski definition) is 4. The number of hydrogen-bond donors (Lipinski definition) is 1. The second-order valence-corrected chi connectivity index (χ2v) is 5.64. The highest BCUT2D eigenvalue weighted by Crippen LogP contribution is 2.15. The summed E-state index contributed by atoms with van der Waals surface area (Å²) in [4.78, 5) is 13.8. The SMILES string of the molecule is COc1ccc(CNC(=O)CN(C)CCOc2ccccc2F)cc1. The molecule has 0 radical (unpaired) electrons. The molecule has 0 heterocycles. The van der Waals surface area contributed by atoms with Gasteiger partial charge in [-0.2, -0.15) is 0 Å². The topological polar surface area (TPSA) is 50.8 Å². The quantitative estimate of drug-likeness (QED) is 0.758. The number of methoxy groups -OCH3 is 1. The zero-order chi connectivity index (χ0) is 18.1. The molecule has 2 aromatic rings. The van der Waals surface area contributed by atoms with Gasteiger partial charge in [0.15, 0.2) is 11.6 Å². The molecule has 5 nitrogen and oxygen atoms in total. The summed E-state index contributed by atoms with van der Waals surface area (Å²) in [5.41, 5.74) is 1.000. The van der Waals surface area contributed by atoms with Crippen LogP contribution in [0.1, 0.15) is 5.56 Å². The molecule has 25 heavy (non-hydrogen) atoms. The third kappa shape index (κ3) is 6.43. The molecule has 0 atom stereocenters. The average Bonchev–Trinajstić information content (AvgIpc) is 2.62. The van der Waals surface area contributed by atoms with Crippen molar-refractivity contribution in [3.8, 4) is 11.5 Å². The van der Waals surface area contributed by atoms with E-state index in [1.54, 1.807) is 25.3 Å². The van der Waals surface area contributed by atoms with Crippen molar-refractivity contribution in [2.24, 2.45) is 0 Å². The molecular weight excluding hydrogens is 323 g/mol. The van der Waals surface area contributed by atoms with Crippen LogP contribution in [0.4, 0.5) is 4.39 Å². The monoisotopic (exact) mass is 346 g/mol. The summed E-state index contributed by atoms with van der Waals surface area (Å²) in [6, 6.07) is 13.8. The first-order valence-electron chi connectivity index (χ1n) is 8.04. The Balaban J connectivity index is 1.66. The van der Waals surface area contributed by atoms with Crippen LogP contribution in [0, 0.1) is 5.82 Å². The van der Waals surface area contributed by atoms with Crippen molar-refractivity contribution in [3.63, 3.8) is 0 Å². The maximum atomic E-state index is 13.4. The fraction of sp³-hybridized carbons (Fsp3) is 0.316. The highest BCUT2D eigenvalue weighted by molar-refractivity contribution is 5.77. The van der Waals surface area contributed by atoms with Crippen molar-refractivity contribution in [1.82, 2.24) is 10.2 Å². The number of likely N-dealkylation sites (N-methyl/N-ethyl adjacent to an activating group) is 1. The van der Waals surface area contributed by atoms with Crippen LogP contribution < -0.4 is 14.8 Å². The molecule has 0 saturated carbocycles. The van der Waals surface area contributed by atoms with Gasteiger partial charge in [0.05, 0.1) is 13.7 Å². The van der Waals surface area contributed by atoms with E-state index in [0.717, 1.165) is 11.3 Å². The molecule has 1 amide bonds. The lowest BCUT2D eigenvalue weighted by Gasteiger charge is -2.17. The number of nitrogens with one attached hydrogen (secondary N) is 1. The van der Waals surface area contributed by atoms with Gasteiger partial charge >= 0.3 is 0 Å². The molecule has 0 spiro atoms. The molecule has 0 aromatic heterocycles. The van der Waals surface area contributed by atoms with Crippen LogP contribution >= 0.6 is 0 Å². The van der Waals surface area contributed by atoms with Crippen molar-refractivity contribution in [2.75, 3.05) is 33.9 Å². The lowest BCUT2D eigenvalue weighted by molar-refractivity contribution is -0.122. The first kappa shape index (κ1) is 18.7. The van der Waals surface area contributed by atoms with Crippen LogP contribution in [0.3, 0.4) is 0 Å². The van der Waals surface area contributed by atoms with Gasteiger partial charge in [-0.3, -0.25) is 9.69 Å². The Morgan fingerprint density at radius 3 is 2.56 bits per heavy atom. The normalized spacial score (nSPS) is 10.6. The van der Waals surface area contributed by atoms with Gasteiger partial charge in [-0.05, 0) is 36.9 Å². The number of amides is 1. The molecule has 6 heteroatoms. The van der Waals surface area contributed by atoms with Crippen molar-refractivity contribution in [1.29, 1.82) is 0 Å². The highest BCUT2D eigenvalue weighted by Gasteiger charge is 2.07. The molecule has 0 unspecified atom stereocenters. The van der Waals surface area contributed by atoms with Crippen LogP contribution in [-0.4, -0.2) is 44.7 Å². The summed E-state index contributed by atoms with van der Waals surface area (Å²) in [5.74, 6) is 0.538. The van der Waals surface area contributed by atoms with Crippen molar-refractivity contribution < 1.29 is 18.7 Å². The van der Waals surface area contributed by atoms with E-state index in [1.807, 2.05) is 36.2 Å². The van der Waals surface area contributed by atoms with Crippen LogP contribution in [0.2, 0.25) is 0 Å². The van der Waals surface area contributed by atoms with Crippen molar-refractivity contribution >= 4 is 5.91 Å². The van der Waals surface area contributed by atoms with Gasteiger partial charge in [0.25, 0.3) is 0 Å².